The summed E-state index contributed by atoms with van der Waals surface area (Å²) >= 11 is 0. The van der Waals surface area contributed by atoms with Gasteiger partial charge in [-0.3, -0.25) is 4.79 Å². The van der Waals surface area contributed by atoms with Gasteiger partial charge in [-0.1, -0.05) is 20.4 Å². The Morgan fingerprint density at radius 3 is 2.11 bits per heavy atom. The van der Waals surface area contributed by atoms with Crippen molar-refractivity contribution in [2.45, 2.75) is 59.3 Å². The van der Waals surface area contributed by atoms with Crippen molar-refractivity contribution < 1.29 is 19.1 Å². The van der Waals surface area contributed by atoms with Crippen molar-refractivity contribution in [3.63, 3.8) is 0 Å². The number of carbonyl (C=O) groups is 2. The van der Waals surface area contributed by atoms with Crippen LogP contribution in [0.25, 0.3) is 0 Å². The van der Waals surface area contributed by atoms with Gasteiger partial charge in [-0.25, -0.2) is 4.79 Å². The Morgan fingerprint density at radius 2 is 1.79 bits per heavy atom. The molecule has 1 N–H and O–H groups in total. The smallest absolute Gasteiger partial charge is 0.408 e. The highest BCUT2D eigenvalue weighted by Crippen LogP contribution is 2.13. The van der Waals surface area contributed by atoms with Gasteiger partial charge in [-0.05, 0) is 32.8 Å². The summed E-state index contributed by atoms with van der Waals surface area (Å²) in [5, 5.41) is 2.72. The van der Waals surface area contributed by atoms with E-state index >= 15 is 0 Å². The Bertz CT molecular complexity index is 331. The van der Waals surface area contributed by atoms with E-state index < -0.39 is 23.8 Å². The lowest BCUT2D eigenvalue weighted by Gasteiger charge is -2.29. The molecule has 0 bridgehead atoms. The molecule has 110 valence electrons. The quantitative estimate of drug-likeness (QED) is 0.616. The molecule has 5 heteroatoms. The lowest BCUT2D eigenvalue weighted by atomic mass is 9.98. The van der Waals surface area contributed by atoms with Crippen molar-refractivity contribution in [3.05, 3.63) is 12.7 Å². The molecule has 1 amide bonds. The van der Waals surface area contributed by atoms with E-state index in [1.807, 2.05) is 13.8 Å². The molecular weight excluding hydrogens is 246 g/mol. The summed E-state index contributed by atoms with van der Waals surface area (Å²) in [5.41, 5.74) is -0.573. The molecule has 0 aliphatic carbocycles. The van der Waals surface area contributed by atoms with Crippen molar-refractivity contribution in [1.29, 1.82) is 0 Å². The second-order valence-electron chi connectivity index (χ2n) is 5.73. The van der Waals surface area contributed by atoms with Crippen molar-refractivity contribution >= 4 is 12.1 Å². The van der Waals surface area contributed by atoms with E-state index in [1.165, 1.54) is 13.0 Å². The Balaban J connectivity index is 4.77. The predicted molar refractivity (Wildman–Crippen MR) is 73.7 cm³/mol. The molecule has 0 radical (unpaired) electrons. The third-order valence-corrected chi connectivity index (χ3v) is 2.29. The molecule has 0 aliphatic heterocycles. The summed E-state index contributed by atoms with van der Waals surface area (Å²) < 4.78 is 10.3. The maximum atomic E-state index is 11.8. The van der Waals surface area contributed by atoms with Gasteiger partial charge < -0.3 is 14.8 Å². The maximum absolute atomic E-state index is 11.8. The first kappa shape index (κ1) is 17.5. The lowest BCUT2D eigenvalue weighted by Crippen LogP contribution is -2.49. The van der Waals surface area contributed by atoms with E-state index in [0.717, 1.165) is 0 Å². The second-order valence-corrected chi connectivity index (χ2v) is 5.73. The average Bonchev–Trinajstić information content (AvgIpc) is 2.19. The van der Waals surface area contributed by atoms with Gasteiger partial charge in [0.05, 0.1) is 6.04 Å². The minimum Gasteiger partial charge on any atom is -0.456 e. The lowest BCUT2D eigenvalue weighted by molar-refractivity contribution is -0.145. The van der Waals surface area contributed by atoms with Crippen LogP contribution < -0.4 is 5.32 Å². The van der Waals surface area contributed by atoms with Crippen LogP contribution in [0.5, 0.6) is 0 Å². The SMILES string of the molecule is C=CC(OC(C)=O)[C@@H](NC(=O)OC(C)(C)C)C(C)C. The van der Waals surface area contributed by atoms with Gasteiger partial charge >= 0.3 is 12.1 Å². The van der Waals surface area contributed by atoms with Crippen LogP contribution in [0.4, 0.5) is 4.79 Å². The van der Waals surface area contributed by atoms with Gasteiger partial charge in [0, 0.05) is 6.92 Å². The Hall–Kier alpha value is -1.52. The molecule has 0 aromatic rings. The summed E-state index contributed by atoms with van der Waals surface area (Å²) in [6.07, 6.45) is 0.388. The molecule has 0 heterocycles. The molecule has 2 atom stereocenters. The number of esters is 1. The van der Waals surface area contributed by atoms with Crippen LogP contribution >= 0.6 is 0 Å². The average molecular weight is 271 g/mol. The summed E-state index contributed by atoms with van der Waals surface area (Å²) in [5.74, 6) is -0.351. The monoisotopic (exact) mass is 271 g/mol. The molecule has 0 fully saturated rings. The summed E-state index contributed by atoms with van der Waals surface area (Å²) in [6.45, 7) is 14.1. The fraction of sp³-hybridized carbons (Fsp3) is 0.714. The van der Waals surface area contributed by atoms with Crippen molar-refractivity contribution in [2.75, 3.05) is 0 Å². The van der Waals surface area contributed by atoms with Crippen LogP contribution in [-0.4, -0.2) is 29.8 Å². The fourth-order valence-corrected chi connectivity index (χ4v) is 1.53. The highest BCUT2D eigenvalue weighted by molar-refractivity contribution is 5.69. The van der Waals surface area contributed by atoms with Gasteiger partial charge in [0.25, 0.3) is 0 Å². The first-order valence-corrected chi connectivity index (χ1v) is 6.36. The van der Waals surface area contributed by atoms with E-state index in [9.17, 15) is 9.59 Å². The molecule has 19 heavy (non-hydrogen) atoms. The number of hydrogen-bond acceptors (Lipinski definition) is 4. The zero-order valence-electron chi connectivity index (χ0n) is 12.6. The molecule has 0 aromatic carbocycles. The van der Waals surface area contributed by atoms with Crippen LogP contribution in [0, 0.1) is 5.92 Å². The highest BCUT2D eigenvalue weighted by atomic mass is 16.6. The zero-order valence-corrected chi connectivity index (χ0v) is 12.6. The summed E-state index contributed by atoms with van der Waals surface area (Å²) in [4.78, 5) is 22.8. The zero-order chi connectivity index (χ0) is 15.2. The molecule has 0 saturated heterocycles. The molecule has 5 nitrogen and oxygen atoms in total. The Labute approximate surface area is 115 Å². The van der Waals surface area contributed by atoms with E-state index in [4.69, 9.17) is 9.47 Å². The van der Waals surface area contributed by atoms with E-state index in [2.05, 4.69) is 11.9 Å². The predicted octanol–water partition coefficient (Wildman–Crippen LogP) is 2.65. The van der Waals surface area contributed by atoms with Crippen LogP contribution in [0.1, 0.15) is 41.5 Å². The van der Waals surface area contributed by atoms with Crippen molar-refractivity contribution in [1.82, 2.24) is 5.32 Å². The number of amides is 1. The third kappa shape index (κ3) is 7.49. The Morgan fingerprint density at radius 1 is 1.26 bits per heavy atom. The van der Waals surface area contributed by atoms with E-state index in [0.29, 0.717) is 0 Å². The molecular formula is C14H25NO4. The number of rotatable bonds is 5. The number of ether oxygens (including phenoxy) is 2. The Kier molecular flexibility index (Phi) is 6.59. The van der Waals surface area contributed by atoms with Crippen molar-refractivity contribution in [3.8, 4) is 0 Å². The number of nitrogens with one attached hydrogen (secondary N) is 1. The fourth-order valence-electron chi connectivity index (χ4n) is 1.53. The topological polar surface area (TPSA) is 64.6 Å². The molecule has 0 saturated carbocycles. The van der Waals surface area contributed by atoms with Crippen LogP contribution in [-0.2, 0) is 14.3 Å². The molecule has 1 unspecified atom stereocenters. The van der Waals surface area contributed by atoms with Crippen LogP contribution in [0.3, 0.4) is 0 Å². The molecule has 0 rings (SSSR count). The van der Waals surface area contributed by atoms with Crippen molar-refractivity contribution in [2.24, 2.45) is 5.92 Å². The maximum Gasteiger partial charge on any atom is 0.408 e. The van der Waals surface area contributed by atoms with Crippen LogP contribution in [0.15, 0.2) is 12.7 Å². The largest absolute Gasteiger partial charge is 0.456 e. The number of hydrogen-bond donors (Lipinski definition) is 1. The summed E-state index contributed by atoms with van der Waals surface area (Å²) in [6, 6.07) is -0.378. The standard InChI is InChI=1S/C14H25NO4/c1-8-11(18-10(4)16)12(9(2)3)15-13(17)19-14(5,6)7/h8-9,11-12H,1H2,2-7H3,(H,15,17)/t11?,12-/m0/s1. The van der Waals surface area contributed by atoms with Gasteiger partial charge in [0.15, 0.2) is 0 Å². The molecule has 0 aliphatic rings. The minimum absolute atomic E-state index is 0.0647. The summed E-state index contributed by atoms with van der Waals surface area (Å²) in [7, 11) is 0. The van der Waals surface area contributed by atoms with E-state index in [-0.39, 0.29) is 12.0 Å². The first-order chi connectivity index (χ1) is 8.56. The second kappa shape index (κ2) is 7.16. The third-order valence-electron chi connectivity index (χ3n) is 2.29. The minimum atomic E-state index is -0.579. The van der Waals surface area contributed by atoms with Gasteiger partial charge in [0.2, 0.25) is 0 Å². The highest BCUT2D eigenvalue weighted by Gasteiger charge is 2.28. The van der Waals surface area contributed by atoms with Gasteiger partial charge in [-0.2, -0.15) is 0 Å². The van der Waals surface area contributed by atoms with Gasteiger partial charge in [-0.15, -0.1) is 0 Å². The molecule has 0 aromatic heterocycles. The van der Waals surface area contributed by atoms with Crippen LogP contribution in [0.2, 0.25) is 0 Å². The first-order valence-electron chi connectivity index (χ1n) is 6.36. The van der Waals surface area contributed by atoms with Gasteiger partial charge in [0.1, 0.15) is 11.7 Å². The number of alkyl carbamates (subject to hydrolysis) is 1. The molecule has 0 spiro atoms. The number of carbonyl (C=O) groups excluding carboxylic acids is 2. The van der Waals surface area contributed by atoms with E-state index in [1.54, 1.807) is 20.8 Å². The normalized spacial score (nSPS) is 14.5.